The van der Waals surface area contributed by atoms with E-state index in [0.29, 0.717) is 17.7 Å². The highest BCUT2D eigenvalue weighted by Crippen LogP contribution is 2.54. The number of piperidine rings is 1. The summed E-state index contributed by atoms with van der Waals surface area (Å²) in [6.07, 6.45) is 4.98. The number of hydrogen-bond donors (Lipinski definition) is 0. The van der Waals surface area contributed by atoms with Gasteiger partial charge in [0.2, 0.25) is 5.91 Å². The lowest BCUT2D eigenvalue weighted by Crippen LogP contribution is -2.61. The van der Waals surface area contributed by atoms with Gasteiger partial charge in [0.15, 0.2) is 0 Å². The Morgan fingerprint density at radius 1 is 1.19 bits per heavy atom. The van der Waals surface area contributed by atoms with Gasteiger partial charge in [0, 0.05) is 0 Å². The fourth-order valence-electron chi connectivity index (χ4n) is 4.08. The molecule has 5 amide bonds. The molecule has 1 aromatic carbocycles. The van der Waals surface area contributed by atoms with Gasteiger partial charge >= 0.3 is 6.09 Å². The van der Waals surface area contributed by atoms with Crippen LogP contribution in [0.1, 0.15) is 60.7 Å². The molecule has 1 atom stereocenters. The highest BCUT2D eigenvalue weighted by atomic mass is 16.6. The minimum Gasteiger partial charge on any atom is -0.480 e. The number of carbonyl (C=O) groups is 5. The lowest BCUT2D eigenvalue weighted by Gasteiger charge is -2.38. The summed E-state index contributed by atoms with van der Waals surface area (Å²) in [6, 6.07) is 3.19. The molecule has 2 heterocycles. The standard InChI is InChI=1S/C23H22N2O7/c1-5-11-31-15-8-6-7-13-16(15)19(28)24(17(13)26)14-12-23(9-10-23)20(29)25(18(14)27)21(30)32-22(2,3)4/h1,6-8,14H,9-12H2,2-4H3. The maximum absolute atomic E-state index is 13.3. The first-order valence-corrected chi connectivity index (χ1v) is 10.2. The summed E-state index contributed by atoms with van der Waals surface area (Å²) in [7, 11) is 0. The highest BCUT2D eigenvalue weighted by Gasteiger charge is 2.63. The van der Waals surface area contributed by atoms with Gasteiger partial charge < -0.3 is 9.47 Å². The quantitative estimate of drug-likeness (QED) is 0.525. The van der Waals surface area contributed by atoms with E-state index >= 15 is 0 Å². The zero-order chi connectivity index (χ0) is 23.4. The predicted molar refractivity (Wildman–Crippen MR) is 109 cm³/mol. The largest absolute Gasteiger partial charge is 0.480 e. The summed E-state index contributed by atoms with van der Waals surface area (Å²) in [6.45, 7) is 4.71. The third kappa shape index (κ3) is 3.32. The van der Waals surface area contributed by atoms with E-state index in [4.69, 9.17) is 15.9 Å². The van der Waals surface area contributed by atoms with Crippen molar-refractivity contribution in [1.82, 2.24) is 9.80 Å². The van der Waals surface area contributed by atoms with Crippen LogP contribution in [0.3, 0.4) is 0 Å². The Hall–Kier alpha value is -3.67. The van der Waals surface area contributed by atoms with E-state index in [2.05, 4.69) is 5.92 Å². The molecule has 9 heteroatoms. The van der Waals surface area contributed by atoms with Crippen LogP contribution in [0.15, 0.2) is 18.2 Å². The summed E-state index contributed by atoms with van der Waals surface area (Å²) in [4.78, 5) is 66.6. The van der Waals surface area contributed by atoms with Crippen LogP contribution in [0.25, 0.3) is 0 Å². The molecule has 4 rings (SSSR count). The van der Waals surface area contributed by atoms with Gasteiger partial charge in [-0.05, 0) is 52.2 Å². The lowest BCUT2D eigenvalue weighted by atomic mass is 9.89. The Labute approximate surface area is 184 Å². The molecule has 1 aliphatic carbocycles. The average molecular weight is 438 g/mol. The average Bonchev–Trinajstić information content (AvgIpc) is 3.44. The molecule has 0 radical (unpaired) electrons. The molecule has 1 saturated carbocycles. The second-order valence-electron chi connectivity index (χ2n) is 9.11. The van der Waals surface area contributed by atoms with Gasteiger partial charge in [0.05, 0.1) is 16.5 Å². The lowest BCUT2D eigenvalue weighted by molar-refractivity contribution is -0.155. The van der Waals surface area contributed by atoms with Crippen molar-refractivity contribution in [1.29, 1.82) is 0 Å². The normalized spacial score (nSPS) is 21.5. The summed E-state index contributed by atoms with van der Waals surface area (Å²) < 4.78 is 10.7. The molecule has 0 aromatic heterocycles. The van der Waals surface area contributed by atoms with Crippen LogP contribution in [0.5, 0.6) is 5.75 Å². The number of nitrogens with zero attached hydrogens (tertiary/aromatic N) is 2. The number of benzene rings is 1. The highest BCUT2D eigenvalue weighted by molar-refractivity contribution is 6.25. The zero-order valence-corrected chi connectivity index (χ0v) is 18.0. The Kier molecular flexibility index (Phi) is 4.84. The number of ether oxygens (including phenoxy) is 2. The molecule has 1 saturated heterocycles. The van der Waals surface area contributed by atoms with Crippen molar-refractivity contribution in [3.63, 3.8) is 0 Å². The first kappa shape index (κ1) is 21.6. The number of carbonyl (C=O) groups excluding carboxylic acids is 5. The molecule has 9 nitrogen and oxygen atoms in total. The molecule has 1 unspecified atom stereocenters. The van der Waals surface area contributed by atoms with Crippen molar-refractivity contribution >= 4 is 29.7 Å². The van der Waals surface area contributed by atoms with Gasteiger partial charge in [-0.1, -0.05) is 12.0 Å². The van der Waals surface area contributed by atoms with Crippen LogP contribution in [-0.2, 0) is 14.3 Å². The van der Waals surface area contributed by atoms with Crippen molar-refractivity contribution in [2.24, 2.45) is 5.41 Å². The number of terminal acetylenes is 1. The number of imide groups is 4. The second kappa shape index (κ2) is 7.19. The van der Waals surface area contributed by atoms with Gasteiger partial charge in [-0.15, -0.1) is 6.42 Å². The first-order chi connectivity index (χ1) is 15.0. The van der Waals surface area contributed by atoms with Crippen molar-refractivity contribution in [2.45, 2.75) is 51.7 Å². The summed E-state index contributed by atoms with van der Waals surface area (Å²) in [5, 5.41) is 0. The second-order valence-corrected chi connectivity index (χ2v) is 9.11. The molecule has 32 heavy (non-hydrogen) atoms. The Bertz CT molecular complexity index is 1100. The summed E-state index contributed by atoms with van der Waals surface area (Å²) in [5.74, 6) is -0.604. The number of rotatable bonds is 3. The van der Waals surface area contributed by atoms with Gasteiger partial charge in [0.25, 0.3) is 17.7 Å². The minimum atomic E-state index is -1.31. The number of fused-ring (bicyclic) bond motifs is 1. The number of likely N-dealkylation sites (tertiary alicyclic amines) is 1. The monoisotopic (exact) mass is 438 g/mol. The maximum Gasteiger partial charge on any atom is 0.424 e. The predicted octanol–water partition coefficient (Wildman–Crippen LogP) is 2.14. The third-order valence-corrected chi connectivity index (χ3v) is 5.71. The van der Waals surface area contributed by atoms with Crippen LogP contribution in [0.4, 0.5) is 4.79 Å². The topological polar surface area (TPSA) is 110 Å². The molecule has 0 N–H and O–H groups in total. The fourth-order valence-corrected chi connectivity index (χ4v) is 4.08. The van der Waals surface area contributed by atoms with Crippen molar-refractivity contribution < 1.29 is 33.4 Å². The Morgan fingerprint density at radius 3 is 2.47 bits per heavy atom. The van der Waals surface area contributed by atoms with Crippen LogP contribution >= 0.6 is 0 Å². The Balaban J connectivity index is 1.70. The van der Waals surface area contributed by atoms with Crippen LogP contribution in [0, 0.1) is 17.8 Å². The maximum atomic E-state index is 13.3. The van der Waals surface area contributed by atoms with Crippen molar-refractivity contribution in [3.8, 4) is 18.1 Å². The zero-order valence-electron chi connectivity index (χ0n) is 18.0. The van der Waals surface area contributed by atoms with Crippen LogP contribution in [0.2, 0.25) is 0 Å². The Morgan fingerprint density at radius 2 is 1.88 bits per heavy atom. The molecule has 1 spiro atoms. The van der Waals surface area contributed by atoms with E-state index in [1.807, 2.05) is 0 Å². The summed E-state index contributed by atoms with van der Waals surface area (Å²) in [5.41, 5.74) is -1.83. The van der Waals surface area contributed by atoms with E-state index in [1.165, 1.54) is 12.1 Å². The molecule has 1 aromatic rings. The molecular weight excluding hydrogens is 416 g/mol. The van der Waals surface area contributed by atoms with Crippen molar-refractivity contribution in [2.75, 3.05) is 6.61 Å². The summed E-state index contributed by atoms with van der Waals surface area (Å²) >= 11 is 0. The number of amides is 5. The van der Waals surface area contributed by atoms with Crippen LogP contribution < -0.4 is 4.74 Å². The molecule has 0 bridgehead atoms. The molecule has 2 fully saturated rings. The molecule has 2 aliphatic heterocycles. The smallest absolute Gasteiger partial charge is 0.424 e. The van der Waals surface area contributed by atoms with Gasteiger partial charge in [-0.25, -0.2) is 4.79 Å². The minimum absolute atomic E-state index is 0.00566. The van der Waals surface area contributed by atoms with E-state index < -0.39 is 46.8 Å². The molecule has 166 valence electrons. The fraction of sp³-hybridized carbons (Fsp3) is 0.435. The van der Waals surface area contributed by atoms with Gasteiger partial charge in [0.1, 0.15) is 24.0 Å². The van der Waals surface area contributed by atoms with Crippen molar-refractivity contribution in [3.05, 3.63) is 29.3 Å². The van der Waals surface area contributed by atoms with E-state index in [-0.39, 0.29) is 29.9 Å². The van der Waals surface area contributed by atoms with E-state index in [9.17, 15) is 24.0 Å². The van der Waals surface area contributed by atoms with E-state index in [0.717, 1.165) is 4.90 Å². The SMILES string of the molecule is C#CCOc1cccc2c1C(=O)N(C1CC3(CC3)C(=O)N(C(=O)OC(C)(C)C)C1=O)C2=O. The first-order valence-electron chi connectivity index (χ1n) is 10.2. The third-order valence-electron chi connectivity index (χ3n) is 5.71. The van der Waals surface area contributed by atoms with E-state index in [1.54, 1.807) is 26.8 Å². The van der Waals surface area contributed by atoms with Gasteiger partial charge in [-0.3, -0.25) is 24.1 Å². The molecular formula is C23H22N2O7. The number of hydrogen-bond acceptors (Lipinski definition) is 7. The van der Waals surface area contributed by atoms with Crippen LogP contribution in [-0.4, -0.2) is 57.8 Å². The molecule has 3 aliphatic rings. The van der Waals surface area contributed by atoms with Gasteiger partial charge in [-0.2, -0.15) is 4.90 Å².